The van der Waals surface area contributed by atoms with Crippen LogP contribution in [0, 0.1) is 0 Å². The van der Waals surface area contributed by atoms with Crippen LogP contribution in [0.5, 0.6) is 0 Å². The van der Waals surface area contributed by atoms with E-state index in [9.17, 15) is 0 Å². The number of rotatable bonds is 4. The Labute approximate surface area is 89.3 Å². The van der Waals surface area contributed by atoms with Crippen LogP contribution in [0.15, 0.2) is 12.3 Å². The molecule has 0 aliphatic rings. The van der Waals surface area contributed by atoms with E-state index in [4.69, 9.17) is 5.73 Å². The Balaban J connectivity index is 2.59. The van der Waals surface area contributed by atoms with Crippen molar-refractivity contribution in [1.29, 1.82) is 0 Å². The summed E-state index contributed by atoms with van der Waals surface area (Å²) in [6.45, 7) is 2.90. The molecule has 1 aromatic heterocycles. The maximum absolute atomic E-state index is 5.61. The average molecular weight is 211 g/mol. The SMILES string of the molecule is CC(N)/C=C/c1ncc(CN(C)C)s1. The molecule has 0 amide bonds. The Bertz CT molecular complexity index is 302. The van der Waals surface area contributed by atoms with Gasteiger partial charge in [0.05, 0.1) is 0 Å². The monoisotopic (exact) mass is 211 g/mol. The van der Waals surface area contributed by atoms with E-state index in [0.29, 0.717) is 0 Å². The van der Waals surface area contributed by atoms with Crippen LogP contribution in [0.25, 0.3) is 6.08 Å². The third kappa shape index (κ3) is 4.00. The normalized spacial score (nSPS) is 14.1. The largest absolute Gasteiger partial charge is 0.325 e. The zero-order valence-corrected chi connectivity index (χ0v) is 9.71. The number of aromatic nitrogens is 1. The third-order valence-electron chi connectivity index (χ3n) is 1.59. The smallest absolute Gasteiger partial charge is 0.116 e. The van der Waals surface area contributed by atoms with Crippen LogP contribution in [0.3, 0.4) is 0 Å². The van der Waals surface area contributed by atoms with Crippen molar-refractivity contribution in [2.75, 3.05) is 14.1 Å². The highest BCUT2D eigenvalue weighted by molar-refractivity contribution is 7.12. The molecule has 0 saturated heterocycles. The van der Waals surface area contributed by atoms with Crippen LogP contribution in [-0.4, -0.2) is 30.0 Å². The zero-order chi connectivity index (χ0) is 10.6. The molecule has 0 radical (unpaired) electrons. The van der Waals surface area contributed by atoms with E-state index in [-0.39, 0.29) is 6.04 Å². The first-order valence-corrected chi connectivity index (χ1v) is 5.43. The number of hydrogen-bond acceptors (Lipinski definition) is 4. The van der Waals surface area contributed by atoms with Gasteiger partial charge in [-0.15, -0.1) is 11.3 Å². The van der Waals surface area contributed by atoms with Gasteiger partial charge in [-0.2, -0.15) is 0 Å². The highest BCUT2D eigenvalue weighted by Crippen LogP contribution is 2.15. The van der Waals surface area contributed by atoms with Gasteiger partial charge in [-0.25, -0.2) is 4.98 Å². The van der Waals surface area contributed by atoms with Gasteiger partial charge in [-0.1, -0.05) is 6.08 Å². The van der Waals surface area contributed by atoms with Crippen LogP contribution < -0.4 is 5.73 Å². The molecule has 1 unspecified atom stereocenters. The summed E-state index contributed by atoms with van der Waals surface area (Å²) in [5.74, 6) is 0. The van der Waals surface area contributed by atoms with Crippen molar-refractivity contribution in [3.63, 3.8) is 0 Å². The second-order valence-corrected chi connectivity index (χ2v) is 4.77. The molecule has 0 spiro atoms. The molecular weight excluding hydrogens is 194 g/mol. The molecule has 78 valence electrons. The van der Waals surface area contributed by atoms with E-state index < -0.39 is 0 Å². The highest BCUT2D eigenvalue weighted by Gasteiger charge is 2.00. The van der Waals surface area contributed by atoms with Gasteiger partial charge in [0.25, 0.3) is 0 Å². The molecule has 1 atom stereocenters. The van der Waals surface area contributed by atoms with E-state index in [1.54, 1.807) is 11.3 Å². The van der Waals surface area contributed by atoms with Crippen LogP contribution >= 0.6 is 11.3 Å². The lowest BCUT2D eigenvalue weighted by Crippen LogP contribution is -2.09. The molecule has 3 nitrogen and oxygen atoms in total. The summed E-state index contributed by atoms with van der Waals surface area (Å²) >= 11 is 1.71. The fourth-order valence-corrected chi connectivity index (χ4v) is 1.97. The second kappa shape index (κ2) is 5.24. The Kier molecular flexibility index (Phi) is 4.25. The molecular formula is C10H17N3S. The minimum atomic E-state index is 0.0937. The average Bonchev–Trinajstić information content (AvgIpc) is 2.47. The fourth-order valence-electron chi connectivity index (χ4n) is 1.02. The van der Waals surface area contributed by atoms with Gasteiger partial charge < -0.3 is 10.6 Å². The summed E-state index contributed by atoms with van der Waals surface area (Å²) in [7, 11) is 4.11. The standard InChI is InChI=1S/C10H17N3S/c1-8(11)4-5-10-12-6-9(14-10)7-13(2)3/h4-6,8H,7,11H2,1-3H3/b5-4+. The molecule has 0 fully saturated rings. The van der Waals surface area contributed by atoms with E-state index in [1.165, 1.54) is 4.88 Å². The summed E-state index contributed by atoms with van der Waals surface area (Å²) < 4.78 is 0. The molecule has 0 bridgehead atoms. The van der Waals surface area contributed by atoms with Gasteiger partial charge in [-0.3, -0.25) is 0 Å². The highest BCUT2D eigenvalue weighted by atomic mass is 32.1. The molecule has 0 aromatic carbocycles. The molecule has 1 heterocycles. The van der Waals surface area contributed by atoms with Crippen LogP contribution in [0.4, 0.5) is 0 Å². The van der Waals surface area contributed by atoms with Gasteiger partial charge in [-0.05, 0) is 27.1 Å². The number of thiazole rings is 1. The van der Waals surface area contributed by atoms with Crippen molar-refractivity contribution in [3.05, 3.63) is 22.2 Å². The maximum Gasteiger partial charge on any atom is 0.116 e. The molecule has 4 heteroatoms. The van der Waals surface area contributed by atoms with Crippen LogP contribution in [-0.2, 0) is 6.54 Å². The summed E-state index contributed by atoms with van der Waals surface area (Å²) in [4.78, 5) is 7.70. The first-order chi connectivity index (χ1) is 6.58. The van der Waals surface area contributed by atoms with Gasteiger partial charge in [0, 0.05) is 23.7 Å². The third-order valence-corrected chi connectivity index (χ3v) is 2.53. The van der Waals surface area contributed by atoms with Crippen molar-refractivity contribution < 1.29 is 0 Å². The number of hydrogen-bond donors (Lipinski definition) is 1. The Hall–Kier alpha value is -0.710. The van der Waals surface area contributed by atoms with Crippen LogP contribution in [0.2, 0.25) is 0 Å². The van der Waals surface area contributed by atoms with E-state index in [0.717, 1.165) is 11.6 Å². The van der Waals surface area contributed by atoms with Gasteiger partial charge in [0.15, 0.2) is 0 Å². The van der Waals surface area contributed by atoms with Crippen molar-refractivity contribution in [2.45, 2.75) is 19.5 Å². The van der Waals surface area contributed by atoms with Crippen molar-refractivity contribution in [1.82, 2.24) is 9.88 Å². The van der Waals surface area contributed by atoms with Gasteiger partial charge >= 0.3 is 0 Å². The lowest BCUT2D eigenvalue weighted by molar-refractivity contribution is 0.406. The summed E-state index contributed by atoms with van der Waals surface area (Å²) in [6.07, 6.45) is 5.86. The molecule has 1 rings (SSSR count). The Morgan fingerprint density at radius 1 is 1.64 bits per heavy atom. The quantitative estimate of drug-likeness (QED) is 0.822. The van der Waals surface area contributed by atoms with Gasteiger partial charge in [0.1, 0.15) is 5.01 Å². The molecule has 0 aliphatic heterocycles. The summed E-state index contributed by atoms with van der Waals surface area (Å²) in [5, 5.41) is 1.03. The van der Waals surface area contributed by atoms with Crippen molar-refractivity contribution in [3.8, 4) is 0 Å². The lowest BCUT2D eigenvalue weighted by atomic mass is 10.3. The van der Waals surface area contributed by atoms with E-state index in [2.05, 4.69) is 24.0 Å². The Morgan fingerprint density at radius 3 is 2.93 bits per heavy atom. The maximum atomic E-state index is 5.61. The Morgan fingerprint density at radius 2 is 2.36 bits per heavy atom. The van der Waals surface area contributed by atoms with Gasteiger partial charge in [0.2, 0.25) is 0 Å². The zero-order valence-electron chi connectivity index (χ0n) is 8.90. The van der Waals surface area contributed by atoms with Crippen LogP contribution in [0.1, 0.15) is 16.8 Å². The summed E-state index contributed by atoms with van der Waals surface area (Å²) in [5.41, 5.74) is 5.61. The predicted octanol–water partition coefficient (Wildman–Crippen LogP) is 1.57. The predicted molar refractivity (Wildman–Crippen MR) is 62.2 cm³/mol. The van der Waals surface area contributed by atoms with Crippen molar-refractivity contribution in [2.24, 2.45) is 5.73 Å². The minimum absolute atomic E-state index is 0.0937. The lowest BCUT2D eigenvalue weighted by Gasteiger charge is -2.05. The molecule has 14 heavy (non-hydrogen) atoms. The number of nitrogens with two attached hydrogens (primary N) is 1. The fraction of sp³-hybridized carbons (Fsp3) is 0.500. The summed E-state index contributed by atoms with van der Waals surface area (Å²) in [6, 6.07) is 0.0937. The van der Waals surface area contributed by atoms with E-state index >= 15 is 0 Å². The molecule has 0 aliphatic carbocycles. The molecule has 1 aromatic rings. The van der Waals surface area contributed by atoms with E-state index in [1.807, 2.05) is 25.3 Å². The topological polar surface area (TPSA) is 42.1 Å². The second-order valence-electron chi connectivity index (χ2n) is 3.62. The first kappa shape index (κ1) is 11.4. The number of nitrogens with zero attached hydrogens (tertiary/aromatic N) is 2. The first-order valence-electron chi connectivity index (χ1n) is 4.61. The molecule has 2 N–H and O–H groups in total. The van der Waals surface area contributed by atoms with Crippen molar-refractivity contribution >= 4 is 17.4 Å². The minimum Gasteiger partial charge on any atom is -0.325 e. The molecule has 0 saturated carbocycles.